The summed E-state index contributed by atoms with van der Waals surface area (Å²) in [5.74, 6) is 0.116. The smallest absolute Gasteiger partial charge is 0.349 e. The Morgan fingerprint density at radius 1 is 0.682 bits per heavy atom. The predicted octanol–water partition coefficient (Wildman–Crippen LogP) is 5.26. The Hall–Kier alpha value is -4.00. The number of esters is 4. The van der Waals surface area contributed by atoms with E-state index >= 15 is 0 Å². The Morgan fingerprint density at radius 2 is 1.05 bits per heavy atom. The first-order valence-electron chi connectivity index (χ1n) is 13.1. The molecule has 0 amide bonds. The van der Waals surface area contributed by atoms with Gasteiger partial charge >= 0.3 is 23.9 Å². The lowest BCUT2D eigenvalue weighted by molar-refractivity contribution is -0.159. The third-order valence-corrected chi connectivity index (χ3v) is 5.32. The molecule has 0 radical (unpaired) electrons. The number of phenols is 1. The van der Waals surface area contributed by atoms with Crippen molar-refractivity contribution in [1.82, 2.24) is 0 Å². The van der Waals surface area contributed by atoms with Crippen LogP contribution in [-0.4, -0.2) is 79.6 Å². The molecule has 2 rings (SSSR count). The number of methoxy groups -OCH3 is 2. The zero-order valence-electron chi connectivity index (χ0n) is 25.8. The van der Waals surface area contributed by atoms with E-state index in [-0.39, 0.29) is 31.1 Å². The van der Waals surface area contributed by atoms with Gasteiger partial charge in [0.1, 0.15) is 28.3 Å². The number of phenolic OH excluding ortho intramolecular Hbond substituents is 1. The lowest BCUT2D eigenvalue weighted by Crippen LogP contribution is -2.39. The van der Waals surface area contributed by atoms with E-state index in [1.165, 1.54) is 26.4 Å². The SMILES string of the molecule is C.CCOC(=O)C(C)(C)Oc1ccc(O)cc1.CCOC(=O)C(C)(C)Oc1ccc(OCC(=O)OC)cc1.COC(=O)CBr. The largest absolute Gasteiger partial charge is 0.508 e. The molecule has 2 aromatic carbocycles. The van der Waals surface area contributed by atoms with Crippen molar-refractivity contribution < 1.29 is 57.4 Å². The molecular formula is C31H45BrO12. The molecule has 0 bridgehead atoms. The number of benzene rings is 2. The minimum atomic E-state index is -1.08. The number of aromatic hydroxyl groups is 1. The van der Waals surface area contributed by atoms with Gasteiger partial charge in [-0.25, -0.2) is 14.4 Å². The van der Waals surface area contributed by atoms with Gasteiger partial charge in [-0.15, -0.1) is 0 Å². The number of hydrogen-bond donors (Lipinski definition) is 1. The maximum atomic E-state index is 11.7. The predicted molar refractivity (Wildman–Crippen MR) is 167 cm³/mol. The summed E-state index contributed by atoms with van der Waals surface area (Å²) in [6.45, 7) is 10.5. The molecule has 0 saturated heterocycles. The lowest BCUT2D eigenvalue weighted by atomic mass is 10.1. The van der Waals surface area contributed by atoms with Crippen LogP contribution in [0.2, 0.25) is 0 Å². The number of ether oxygens (including phenoxy) is 7. The van der Waals surface area contributed by atoms with E-state index in [9.17, 15) is 19.2 Å². The van der Waals surface area contributed by atoms with Crippen LogP contribution >= 0.6 is 15.9 Å². The van der Waals surface area contributed by atoms with Crippen molar-refractivity contribution in [2.24, 2.45) is 0 Å². The van der Waals surface area contributed by atoms with Crippen LogP contribution in [0.3, 0.4) is 0 Å². The fraction of sp³-hybridized carbons (Fsp3) is 0.484. The third kappa shape index (κ3) is 17.2. The molecule has 44 heavy (non-hydrogen) atoms. The van der Waals surface area contributed by atoms with Gasteiger partial charge in [0.2, 0.25) is 0 Å². The maximum Gasteiger partial charge on any atom is 0.349 e. The average Bonchev–Trinajstić information content (AvgIpc) is 2.98. The first-order chi connectivity index (χ1) is 20.1. The van der Waals surface area contributed by atoms with E-state index in [1.54, 1.807) is 77.9 Å². The average molecular weight is 690 g/mol. The second kappa shape index (κ2) is 21.7. The Bertz CT molecular complexity index is 1120. The highest BCUT2D eigenvalue weighted by Gasteiger charge is 2.32. The zero-order valence-corrected chi connectivity index (χ0v) is 27.3. The van der Waals surface area contributed by atoms with Crippen LogP contribution in [0, 0.1) is 0 Å². The summed E-state index contributed by atoms with van der Waals surface area (Å²) in [7, 11) is 2.64. The van der Waals surface area contributed by atoms with Gasteiger partial charge in [-0.3, -0.25) is 4.79 Å². The fourth-order valence-corrected chi connectivity index (χ4v) is 2.89. The normalized spacial score (nSPS) is 10.1. The number of halogens is 1. The first-order valence-corrected chi connectivity index (χ1v) is 14.2. The fourth-order valence-electron chi connectivity index (χ4n) is 2.66. The number of hydrogen-bond acceptors (Lipinski definition) is 12. The van der Waals surface area contributed by atoms with E-state index < -0.39 is 29.1 Å². The van der Waals surface area contributed by atoms with Gasteiger partial charge in [0.05, 0.1) is 27.4 Å². The van der Waals surface area contributed by atoms with Crippen LogP contribution in [-0.2, 0) is 38.1 Å². The molecule has 2 aromatic rings. The molecular weight excluding hydrogens is 644 g/mol. The van der Waals surface area contributed by atoms with Gasteiger partial charge in [0.15, 0.2) is 17.8 Å². The van der Waals surface area contributed by atoms with Crippen LogP contribution in [0.25, 0.3) is 0 Å². The van der Waals surface area contributed by atoms with E-state index in [1.807, 2.05) is 0 Å². The van der Waals surface area contributed by atoms with Crippen molar-refractivity contribution >= 4 is 39.8 Å². The lowest BCUT2D eigenvalue weighted by Gasteiger charge is -2.24. The summed E-state index contributed by atoms with van der Waals surface area (Å²) in [6.07, 6.45) is 0. The highest BCUT2D eigenvalue weighted by atomic mass is 79.9. The molecule has 0 aliphatic rings. The van der Waals surface area contributed by atoms with Gasteiger partial charge in [-0.05, 0) is 90.1 Å². The number of carbonyl (C=O) groups is 4. The Labute approximate surface area is 268 Å². The molecule has 0 saturated carbocycles. The summed E-state index contributed by atoms with van der Waals surface area (Å²) in [6, 6.07) is 12.7. The van der Waals surface area contributed by atoms with Crippen molar-refractivity contribution in [3.8, 4) is 23.0 Å². The summed E-state index contributed by atoms with van der Waals surface area (Å²) in [5, 5.41) is 9.38. The topological polar surface area (TPSA) is 153 Å². The van der Waals surface area contributed by atoms with Gasteiger partial charge in [-0.2, -0.15) is 0 Å². The molecule has 248 valence electrons. The maximum absolute atomic E-state index is 11.7. The van der Waals surface area contributed by atoms with Gasteiger partial charge in [0, 0.05) is 0 Å². The van der Waals surface area contributed by atoms with Crippen molar-refractivity contribution in [1.29, 1.82) is 0 Å². The van der Waals surface area contributed by atoms with Crippen LogP contribution < -0.4 is 14.2 Å². The second-order valence-electron chi connectivity index (χ2n) is 9.21. The Morgan fingerprint density at radius 3 is 1.36 bits per heavy atom. The zero-order chi connectivity index (χ0) is 33.1. The molecule has 0 fully saturated rings. The standard InChI is InChI=1S/C15H20O6.C12H16O4.C3H5BrO2.CH4/c1-5-19-14(17)15(2,3)21-12-8-6-11(7-9-12)20-10-13(16)18-4;1-4-15-11(14)12(2,3)16-10-7-5-9(13)6-8-10;1-6-3(5)2-4;/h6-9H,5,10H2,1-4H3;5-8,13H,4H2,1-3H3;2H2,1H3;1H4. The summed E-state index contributed by atoms with van der Waals surface area (Å²) >= 11 is 2.90. The summed E-state index contributed by atoms with van der Waals surface area (Å²) < 4.78 is 34.8. The van der Waals surface area contributed by atoms with Gasteiger partial charge < -0.3 is 38.3 Å². The van der Waals surface area contributed by atoms with E-state index in [4.69, 9.17) is 28.8 Å². The molecule has 0 heterocycles. The molecule has 13 heteroatoms. The summed E-state index contributed by atoms with van der Waals surface area (Å²) in [4.78, 5) is 44.1. The molecule has 0 aromatic heterocycles. The molecule has 0 atom stereocenters. The Balaban J connectivity index is 0. The Kier molecular flexibility index (Phi) is 20.7. The third-order valence-electron chi connectivity index (χ3n) is 4.86. The molecule has 0 aliphatic carbocycles. The monoisotopic (exact) mass is 688 g/mol. The molecule has 0 unspecified atom stereocenters. The molecule has 0 spiro atoms. The van der Waals surface area contributed by atoms with E-state index in [0.717, 1.165) is 0 Å². The van der Waals surface area contributed by atoms with Crippen molar-refractivity contribution in [3.05, 3.63) is 48.5 Å². The highest BCUT2D eigenvalue weighted by molar-refractivity contribution is 9.09. The van der Waals surface area contributed by atoms with Crippen LogP contribution in [0.5, 0.6) is 23.0 Å². The van der Waals surface area contributed by atoms with Crippen LogP contribution in [0.4, 0.5) is 0 Å². The number of alkyl halides is 1. The van der Waals surface area contributed by atoms with Crippen molar-refractivity contribution in [3.63, 3.8) is 0 Å². The first kappa shape index (κ1) is 42.1. The van der Waals surface area contributed by atoms with Gasteiger partial charge in [-0.1, -0.05) is 23.4 Å². The van der Waals surface area contributed by atoms with Crippen molar-refractivity contribution in [2.45, 2.75) is 60.2 Å². The van der Waals surface area contributed by atoms with Crippen LogP contribution in [0.15, 0.2) is 48.5 Å². The number of carbonyl (C=O) groups excluding carboxylic acids is 4. The number of rotatable bonds is 12. The minimum Gasteiger partial charge on any atom is -0.508 e. The molecule has 0 aliphatic heterocycles. The minimum absolute atomic E-state index is 0. The highest BCUT2D eigenvalue weighted by Crippen LogP contribution is 2.23. The molecule has 1 N–H and O–H groups in total. The van der Waals surface area contributed by atoms with E-state index in [0.29, 0.717) is 30.5 Å². The van der Waals surface area contributed by atoms with E-state index in [2.05, 4.69) is 25.4 Å². The summed E-state index contributed by atoms with van der Waals surface area (Å²) in [5.41, 5.74) is -2.11. The van der Waals surface area contributed by atoms with Gasteiger partial charge in [0.25, 0.3) is 0 Å². The quantitative estimate of drug-likeness (QED) is 0.176. The molecule has 12 nitrogen and oxygen atoms in total. The van der Waals surface area contributed by atoms with Crippen LogP contribution in [0.1, 0.15) is 49.0 Å². The van der Waals surface area contributed by atoms with Crippen molar-refractivity contribution in [2.75, 3.05) is 39.4 Å². The second-order valence-corrected chi connectivity index (χ2v) is 9.77.